The van der Waals surface area contributed by atoms with E-state index in [0.717, 1.165) is 22.2 Å². The number of fused-ring (bicyclic) bond motifs is 1. The Kier molecular flexibility index (Phi) is 3.31. The van der Waals surface area contributed by atoms with Crippen LogP contribution in [0.4, 0.5) is 0 Å². The van der Waals surface area contributed by atoms with Gasteiger partial charge in [0.2, 0.25) is 0 Å². The third-order valence-electron chi connectivity index (χ3n) is 3.29. The number of rotatable bonds is 4. The predicted molar refractivity (Wildman–Crippen MR) is 80.8 cm³/mol. The average Bonchev–Trinajstić information content (AvgIpc) is 2.87. The molecule has 1 aromatic carbocycles. The molecular formula is C16H15N3O2. The topological polar surface area (TPSA) is 70.1 Å². The summed E-state index contributed by atoms with van der Waals surface area (Å²) in [5.41, 5.74) is 8.10. The van der Waals surface area contributed by atoms with E-state index >= 15 is 0 Å². The number of nitrogens with two attached hydrogens (primary N) is 1. The first kappa shape index (κ1) is 13.2. The van der Waals surface area contributed by atoms with Crippen molar-refractivity contribution in [2.24, 2.45) is 12.8 Å². The largest absolute Gasteiger partial charge is 0.484 e. The van der Waals surface area contributed by atoms with Gasteiger partial charge in [-0.1, -0.05) is 12.1 Å². The Bertz CT molecular complexity index is 808. The highest BCUT2D eigenvalue weighted by Crippen LogP contribution is 2.29. The number of ether oxygens (including phenoxy) is 1. The van der Waals surface area contributed by atoms with Gasteiger partial charge in [-0.3, -0.25) is 4.79 Å². The lowest BCUT2D eigenvalue weighted by Crippen LogP contribution is -2.19. The quantitative estimate of drug-likeness (QED) is 0.796. The minimum atomic E-state index is -0.491. The lowest BCUT2D eigenvalue weighted by molar-refractivity contribution is -0.119. The second kappa shape index (κ2) is 5.28. The smallest absolute Gasteiger partial charge is 0.255 e. The van der Waals surface area contributed by atoms with Crippen molar-refractivity contribution in [2.75, 3.05) is 6.61 Å². The molecule has 0 radical (unpaired) electrons. The highest BCUT2D eigenvalue weighted by molar-refractivity contribution is 5.93. The number of pyridine rings is 1. The SMILES string of the molecule is Cn1ccc2c(-c3cccc(OCC(N)=O)c3)ccnc21. The molecule has 0 saturated heterocycles. The van der Waals surface area contributed by atoms with Gasteiger partial charge in [0, 0.05) is 24.8 Å². The summed E-state index contributed by atoms with van der Waals surface area (Å²) < 4.78 is 7.33. The van der Waals surface area contributed by atoms with Gasteiger partial charge < -0.3 is 15.0 Å². The van der Waals surface area contributed by atoms with Crippen LogP contribution in [0.15, 0.2) is 48.8 Å². The number of hydrogen-bond acceptors (Lipinski definition) is 3. The van der Waals surface area contributed by atoms with E-state index in [1.165, 1.54) is 0 Å². The van der Waals surface area contributed by atoms with E-state index in [4.69, 9.17) is 10.5 Å². The summed E-state index contributed by atoms with van der Waals surface area (Å²) in [5, 5.41) is 1.08. The van der Waals surface area contributed by atoms with Crippen molar-refractivity contribution in [1.82, 2.24) is 9.55 Å². The van der Waals surface area contributed by atoms with Crippen molar-refractivity contribution >= 4 is 16.9 Å². The number of aromatic nitrogens is 2. The van der Waals surface area contributed by atoms with Crippen molar-refractivity contribution in [3.8, 4) is 16.9 Å². The third-order valence-corrected chi connectivity index (χ3v) is 3.29. The van der Waals surface area contributed by atoms with Crippen LogP contribution < -0.4 is 10.5 Å². The number of nitrogens with zero attached hydrogens (tertiary/aromatic N) is 2. The van der Waals surface area contributed by atoms with Crippen LogP contribution in [-0.2, 0) is 11.8 Å². The molecule has 5 heteroatoms. The van der Waals surface area contributed by atoms with Crippen molar-refractivity contribution in [1.29, 1.82) is 0 Å². The van der Waals surface area contributed by atoms with Crippen molar-refractivity contribution in [2.45, 2.75) is 0 Å². The fourth-order valence-electron chi connectivity index (χ4n) is 2.32. The predicted octanol–water partition coefficient (Wildman–Crippen LogP) is 2.10. The van der Waals surface area contributed by atoms with E-state index in [9.17, 15) is 4.79 Å². The zero-order valence-corrected chi connectivity index (χ0v) is 11.6. The second-order valence-corrected chi connectivity index (χ2v) is 4.81. The molecule has 0 spiro atoms. The average molecular weight is 281 g/mol. The van der Waals surface area contributed by atoms with Gasteiger partial charge in [0.1, 0.15) is 11.4 Å². The Hall–Kier alpha value is -2.82. The molecule has 3 rings (SSSR count). The molecule has 1 amide bonds. The molecule has 21 heavy (non-hydrogen) atoms. The van der Waals surface area contributed by atoms with Crippen LogP contribution in [0, 0.1) is 0 Å². The molecule has 0 aliphatic carbocycles. The monoisotopic (exact) mass is 281 g/mol. The fraction of sp³-hybridized carbons (Fsp3) is 0.125. The number of hydrogen-bond donors (Lipinski definition) is 1. The summed E-state index contributed by atoms with van der Waals surface area (Å²) >= 11 is 0. The Morgan fingerprint density at radius 3 is 3.00 bits per heavy atom. The molecule has 0 unspecified atom stereocenters. The Morgan fingerprint density at radius 1 is 1.33 bits per heavy atom. The molecule has 3 aromatic rings. The first-order valence-corrected chi connectivity index (χ1v) is 6.57. The van der Waals surface area contributed by atoms with E-state index in [1.807, 2.05) is 48.1 Å². The number of benzene rings is 1. The van der Waals surface area contributed by atoms with E-state index in [0.29, 0.717) is 5.75 Å². The summed E-state index contributed by atoms with van der Waals surface area (Å²) in [6, 6.07) is 11.6. The summed E-state index contributed by atoms with van der Waals surface area (Å²) in [6.45, 7) is -0.124. The van der Waals surface area contributed by atoms with E-state index in [-0.39, 0.29) is 6.61 Å². The van der Waals surface area contributed by atoms with Gasteiger partial charge in [0.25, 0.3) is 5.91 Å². The van der Waals surface area contributed by atoms with Gasteiger partial charge in [-0.2, -0.15) is 0 Å². The van der Waals surface area contributed by atoms with Crippen LogP contribution in [-0.4, -0.2) is 22.1 Å². The normalized spacial score (nSPS) is 10.7. The molecule has 2 heterocycles. The molecule has 0 fully saturated rings. The minimum absolute atomic E-state index is 0.124. The molecule has 0 aliphatic rings. The lowest BCUT2D eigenvalue weighted by atomic mass is 10.0. The van der Waals surface area contributed by atoms with E-state index < -0.39 is 5.91 Å². The third kappa shape index (κ3) is 2.58. The molecule has 0 bridgehead atoms. The molecule has 5 nitrogen and oxygen atoms in total. The van der Waals surface area contributed by atoms with Crippen LogP contribution in [0.25, 0.3) is 22.2 Å². The number of carbonyl (C=O) groups excluding carboxylic acids is 1. The number of aryl methyl sites for hydroxylation is 1. The highest BCUT2D eigenvalue weighted by Gasteiger charge is 2.08. The van der Waals surface area contributed by atoms with Crippen LogP contribution in [0.2, 0.25) is 0 Å². The first-order valence-electron chi connectivity index (χ1n) is 6.57. The summed E-state index contributed by atoms with van der Waals surface area (Å²) in [4.78, 5) is 15.2. The summed E-state index contributed by atoms with van der Waals surface area (Å²) in [7, 11) is 1.96. The van der Waals surface area contributed by atoms with Gasteiger partial charge in [-0.15, -0.1) is 0 Å². The second-order valence-electron chi connectivity index (χ2n) is 4.81. The van der Waals surface area contributed by atoms with Gasteiger partial charge in [0.15, 0.2) is 6.61 Å². The summed E-state index contributed by atoms with van der Waals surface area (Å²) in [6.07, 6.45) is 3.77. The minimum Gasteiger partial charge on any atom is -0.484 e. The zero-order chi connectivity index (χ0) is 14.8. The molecule has 106 valence electrons. The maximum absolute atomic E-state index is 10.8. The molecule has 0 atom stereocenters. The Balaban J connectivity index is 2.02. The van der Waals surface area contributed by atoms with Gasteiger partial charge in [-0.25, -0.2) is 4.98 Å². The Morgan fingerprint density at radius 2 is 2.19 bits per heavy atom. The molecule has 0 aliphatic heterocycles. The van der Waals surface area contributed by atoms with Crippen LogP contribution in [0.1, 0.15) is 0 Å². The zero-order valence-electron chi connectivity index (χ0n) is 11.6. The van der Waals surface area contributed by atoms with Crippen LogP contribution in [0.5, 0.6) is 5.75 Å². The van der Waals surface area contributed by atoms with Crippen LogP contribution >= 0.6 is 0 Å². The molecular weight excluding hydrogens is 266 g/mol. The van der Waals surface area contributed by atoms with Crippen molar-refractivity contribution < 1.29 is 9.53 Å². The van der Waals surface area contributed by atoms with Gasteiger partial charge in [-0.05, 0) is 35.4 Å². The van der Waals surface area contributed by atoms with Gasteiger partial charge in [0.05, 0.1) is 0 Å². The first-order chi connectivity index (χ1) is 10.1. The molecule has 2 N–H and O–H groups in total. The van der Waals surface area contributed by atoms with E-state index in [1.54, 1.807) is 12.3 Å². The number of amides is 1. The van der Waals surface area contributed by atoms with Gasteiger partial charge >= 0.3 is 0 Å². The number of carbonyl (C=O) groups is 1. The maximum Gasteiger partial charge on any atom is 0.255 e. The summed E-state index contributed by atoms with van der Waals surface area (Å²) in [5.74, 6) is 0.127. The van der Waals surface area contributed by atoms with Crippen molar-refractivity contribution in [3.05, 3.63) is 48.8 Å². The van der Waals surface area contributed by atoms with E-state index in [2.05, 4.69) is 4.98 Å². The lowest BCUT2D eigenvalue weighted by Gasteiger charge is -2.08. The molecule has 2 aromatic heterocycles. The maximum atomic E-state index is 10.8. The number of primary amides is 1. The van der Waals surface area contributed by atoms with Crippen LogP contribution in [0.3, 0.4) is 0 Å². The van der Waals surface area contributed by atoms with Crippen molar-refractivity contribution in [3.63, 3.8) is 0 Å². The standard InChI is InChI=1S/C16H15N3O2/c1-19-8-6-14-13(5-7-18-16(14)19)11-3-2-4-12(9-11)21-10-15(17)20/h2-9H,10H2,1H3,(H2,17,20). The molecule has 0 saturated carbocycles. The fourth-order valence-corrected chi connectivity index (χ4v) is 2.32. The Labute approximate surface area is 122 Å². The highest BCUT2D eigenvalue weighted by atomic mass is 16.5.